The van der Waals surface area contributed by atoms with E-state index in [4.69, 9.17) is 4.74 Å². The van der Waals surface area contributed by atoms with E-state index in [2.05, 4.69) is 5.10 Å². The average Bonchev–Trinajstić information content (AvgIpc) is 2.63. The normalized spacial score (nSPS) is 10.1. The minimum atomic E-state index is 0.209. The molecule has 0 aliphatic rings. The molecule has 0 bridgehead atoms. The van der Waals surface area contributed by atoms with Crippen molar-refractivity contribution in [1.29, 1.82) is 0 Å². The van der Waals surface area contributed by atoms with Gasteiger partial charge in [0, 0.05) is 12.3 Å². The maximum absolute atomic E-state index is 5.61. The lowest BCUT2D eigenvalue weighted by molar-refractivity contribution is 0.242. The lowest BCUT2D eigenvalue weighted by atomic mass is 10.3. The fraction of sp³-hybridized carbons (Fsp3) is 0.462. The SMILES string of the molecule is CC.Cc1cnn2ccc(OC(C)C)cc12. The number of aromatic nitrogens is 2. The van der Waals surface area contributed by atoms with Gasteiger partial charge in [0.25, 0.3) is 0 Å². The van der Waals surface area contributed by atoms with Gasteiger partial charge in [0.1, 0.15) is 5.75 Å². The van der Waals surface area contributed by atoms with Crippen LogP contribution in [0.25, 0.3) is 5.52 Å². The van der Waals surface area contributed by atoms with Crippen LogP contribution in [0.2, 0.25) is 0 Å². The van der Waals surface area contributed by atoms with Crippen LogP contribution in [0.15, 0.2) is 24.5 Å². The molecule has 0 N–H and O–H groups in total. The van der Waals surface area contributed by atoms with Crippen molar-refractivity contribution in [2.75, 3.05) is 0 Å². The highest BCUT2D eigenvalue weighted by molar-refractivity contribution is 5.56. The smallest absolute Gasteiger partial charge is 0.123 e. The first-order valence-electron chi connectivity index (χ1n) is 5.77. The molecule has 16 heavy (non-hydrogen) atoms. The van der Waals surface area contributed by atoms with Crippen molar-refractivity contribution in [1.82, 2.24) is 9.61 Å². The summed E-state index contributed by atoms with van der Waals surface area (Å²) in [5.41, 5.74) is 2.27. The third-order valence-corrected chi connectivity index (χ3v) is 2.06. The van der Waals surface area contributed by atoms with Gasteiger partial charge in [0.05, 0.1) is 17.8 Å². The van der Waals surface area contributed by atoms with Crippen LogP contribution in [0, 0.1) is 6.92 Å². The van der Waals surface area contributed by atoms with Gasteiger partial charge in [0.2, 0.25) is 0 Å². The Hall–Kier alpha value is -1.51. The molecule has 0 spiro atoms. The van der Waals surface area contributed by atoms with E-state index in [0.29, 0.717) is 0 Å². The maximum atomic E-state index is 5.61. The number of hydrogen-bond acceptors (Lipinski definition) is 2. The van der Waals surface area contributed by atoms with Crippen LogP contribution >= 0.6 is 0 Å². The molecule has 0 aromatic carbocycles. The Morgan fingerprint density at radius 3 is 2.62 bits per heavy atom. The van der Waals surface area contributed by atoms with Crippen molar-refractivity contribution >= 4 is 5.52 Å². The molecular formula is C13H20N2O. The summed E-state index contributed by atoms with van der Waals surface area (Å²) in [7, 11) is 0. The number of nitrogens with zero attached hydrogens (tertiary/aromatic N) is 2. The third kappa shape index (κ3) is 2.75. The van der Waals surface area contributed by atoms with Crippen LogP contribution in [0.4, 0.5) is 0 Å². The minimum absolute atomic E-state index is 0.209. The first kappa shape index (κ1) is 12.6. The van der Waals surface area contributed by atoms with Crippen LogP contribution in [0.3, 0.4) is 0 Å². The van der Waals surface area contributed by atoms with Gasteiger partial charge in [-0.1, -0.05) is 13.8 Å². The van der Waals surface area contributed by atoms with Crippen LogP contribution in [-0.4, -0.2) is 15.7 Å². The molecule has 3 heteroatoms. The molecule has 2 rings (SSSR count). The van der Waals surface area contributed by atoms with Gasteiger partial charge in [-0.3, -0.25) is 0 Å². The number of ether oxygens (including phenoxy) is 1. The molecule has 0 unspecified atom stereocenters. The van der Waals surface area contributed by atoms with E-state index in [1.54, 1.807) is 0 Å². The van der Waals surface area contributed by atoms with Gasteiger partial charge < -0.3 is 4.74 Å². The largest absolute Gasteiger partial charge is 0.491 e. The monoisotopic (exact) mass is 220 g/mol. The van der Waals surface area contributed by atoms with E-state index in [0.717, 1.165) is 11.3 Å². The van der Waals surface area contributed by atoms with Crippen LogP contribution < -0.4 is 4.74 Å². The van der Waals surface area contributed by atoms with Crippen LogP contribution in [0.5, 0.6) is 5.75 Å². The number of fused-ring (bicyclic) bond motifs is 1. The quantitative estimate of drug-likeness (QED) is 0.774. The highest BCUT2D eigenvalue weighted by Crippen LogP contribution is 2.17. The van der Waals surface area contributed by atoms with E-state index in [9.17, 15) is 0 Å². The van der Waals surface area contributed by atoms with Crippen molar-refractivity contribution in [2.24, 2.45) is 0 Å². The highest BCUT2D eigenvalue weighted by Gasteiger charge is 2.02. The Kier molecular flexibility index (Phi) is 4.35. The molecule has 0 atom stereocenters. The van der Waals surface area contributed by atoms with Gasteiger partial charge in [-0.2, -0.15) is 5.10 Å². The fourth-order valence-corrected chi connectivity index (χ4v) is 1.43. The molecule has 2 aromatic heterocycles. The van der Waals surface area contributed by atoms with Crippen molar-refractivity contribution in [3.8, 4) is 5.75 Å². The molecule has 0 fully saturated rings. The summed E-state index contributed by atoms with van der Waals surface area (Å²) >= 11 is 0. The number of hydrogen-bond donors (Lipinski definition) is 0. The Labute approximate surface area is 97.0 Å². The molecule has 88 valence electrons. The molecule has 2 aromatic rings. The predicted molar refractivity (Wildman–Crippen MR) is 67.0 cm³/mol. The van der Waals surface area contributed by atoms with Crippen molar-refractivity contribution < 1.29 is 4.74 Å². The second-order valence-corrected chi connectivity index (χ2v) is 3.69. The second kappa shape index (κ2) is 5.54. The van der Waals surface area contributed by atoms with Crippen molar-refractivity contribution in [3.63, 3.8) is 0 Å². The highest BCUT2D eigenvalue weighted by atomic mass is 16.5. The topological polar surface area (TPSA) is 26.5 Å². The summed E-state index contributed by atoms with van der Waals surface area (Å²) in [4.78, 5) is 0. The number of rotatable bonds is 2. The first-order chi connectivity index (χ1) is 7.66. The lowest BCUT2D eigenvalue weighted by Crippen LogP contribution is -2.05. The van der Waals surface area contributed by atoms with E-state index < -0.39 is 0 Å². The molecular weight excluding hydrogens is 200 g/mol. The van der Waals surface area contributed by atoms with Crippen molar-refractivity contribution in [3.05, 3.63) is 30.1 Å². The van der Waals surface area contributed by atoms with Crippen LogP contribution in [-0.2, 0) is 0 Å². The second-order valence-electron chi connectivity index (χ2n) is 3.69. The number of aryl methyl sites for hydroxylation is 1. The summed E-state index contributed by atoms with van der Waals surface area (Å²) in [6.45, 7) is 10.1. The van der Waals surface area contributed by atoms with Crippen LogP contribution in [0.1, 0.15) is 33.3 Å². The standard InChI is InChI=1S/C11H14N2O.C2H6/c1-8(2)14-10-4-5-13-11(6-10)9(3)7-12-13;1-2/h4-8H,1-3H3;1-2H3. The summed E-state index contributed by atoms with van der Waals surface area (Å²) in [5.74, 6) is 0.899. The Morgan fingerprint density at radius 2 is 2.00 bits per heavy atom. The molecule has 0 saturated heterocycles. The molecule has 0 radical (unpaired) electrons. The summed E-state index contributed by atoms with van der Waals surface area (Å²) in [6, 6.07) is 3.95. The molecule has 0 aliphatic heterocycles. The third-order valence-electron chi connectivity index (χ3n) is 2.06. The molecule has 2 heterocycles. The fourth-order valence-electron chi connectivity index (χ4n) is 1.43. The van der Waals surface area contributed by atoms with Gasteiger partial charge in [-0.25, -0.2) is 4.52 Å². The van der Waals surface area contributed by atoms with E-state index in [-0.39, 0.29) is 6.10 Å². The first-order valence-corrected chi connectivity index (χ1v) is 5.77. The maximum Gasteiger partial charge on any atom is 0.123 e. The summed E-state index contributed by atoms with van der Waals surface area (Å²) < 4.78 is 7.46. The Morgan fingerprint density at radius 1 is 1.31 bits per heavy atom. The Bertz CT molecular complexity index is 446. The average molecular weight is 220 g/mol. The number of pyridine rings is 1. The zero-order valence-corrected chi connectivity index (χ0v) is 10.7. The van der Waals surface area contributed by atoms with Crippen molar-refractivity contribution in [2.45, 2.75) is 40.7 Å². The molecule has 0 amide bonds. The summed E-state index contributed by atoms with van der Waals surface area (Å²) in [6.07, 6.45) is 3.98. The van der Waals surface area contributed by atoms with E-state index in [1.807, 2.05) is 63.7 Å². The van der Waals surface area contributed by atoms with Gasteiger partial charge in [0.15, 0.2) is 0 Å². The zero-order valence-electron chi connectivity index (χ0n) is 10.7. The van der Waals surface area contributed by atoms with Gasteiger partial charge >= 0.3 is 0 Å². The van der Waals surface area contributed by atoms with E-state index in [1.165, 1.54) is 5.56 Å². The molecule has 0 aliphatic carbocycles. The Balaban J connectivity index is 0.000000606. The predicted octanol–water partition coefficient (Wildman–Crippen LogP) is 3.46. The van der Waals surface area contributed by atoms with Gasteiger partial charge in [-0.05, 0) is 32.4 Å². The molecule has 3 nitrogen and oxygen atoms in total. The van der Waals surface area contributed by atoms with E-state index >= 15 is 0 Å². The summed E-state index contributed by atoms with van der Waals surface area (Å²) in [5, 5.41) is 4.20. The zero-order chi connectivity index (χ0) is 12.1. The van der Waals surface area contributed by atoms with Gasteiger partial charge in [-0.15, -0.1) is 0 Å². The lowest BCUT2D eigenvalue weighted by Gasteiger charge is -2.09. The minimum Gasteiger partial charge on any atom is -0.491 e. The molecule has 0 saturated carbocycles.